The van der Waals surface area contributed by atoms with Gasteiger partial charge in [-0.3, -0.25) is 9.78 Å². The van der Waals surface area contributed by atoms with Gasteiger partial charge in [-0.2, -0.15) is 23.4 Å². The van der Waals surface area contributed by atoms with Crippen molar-refractivity contribution in [1.82, 2.24) is 20.0 Å². The predicted octanol–water partition coefficient (Wildman–Crippen LogP) is 5.06. The van der Waals surface area contributed by atoms with Crippen molar-refractivity contribution in [1.29, 1.82) is 0 Å². The molecule has 0 saturated carbocycles. The van der Waals surface area contributed by atoms with Crippen LogP contribution >= 0.6 is 0 Å². The van der Waals surface area contributed by atoms with E-state index >= 15 is 0 Å². The Hall–Kier alpha value is -3.09. The lowest BCUT2D eigenvalue weighted by molar-refractivity contribution is -0.137. The molecule has 1 N–H and O–H groups in total. The Bertz CT molecular complexity index is 1150. The number of aryl methyl sites for hydroxylation is 1. The predicted molar refractivity (Wildman–Crippen MR) is 96.1 cm³/mol. The van der Waals surface area contributed by atoms with Gasteiger partial charge in [0, 0.05) is 28.8 Å². The first kappa shape index (κ1) is 16.1. The second kappa shape index (κ2) is 5.70. The van der Waals surface area contributed by atoms with Gasteiger partial charge in [-0.25, -0.2) is 0 Å². The number of hydrogen-bond donors (Lipinski definition) is 1. The van der Waals surface area contributed by atoms with Gasteiger partial charge in [0.1, 0.15) is 5.69 Å². The molecule has 0 bridgehead atoms. The van der Waals surface area contributed by atoms with Crippen LogP contribution in [0.15, 0.2) is 48.7 Å². The van der Waals surface area contributed by atoms with Gasteiger partial charge in [-0.1, -0.05) is 24.3 Å². The van der Waals surface area contributed by atoms with E-state index in [0.29, 0.717) is 11.3 Å². The fraction of sp³-hybridized carbons (Fsp3) is 0.200. The molecule has 0 fully saturated rings. The van der Waals surface area contributed by atoms with Crippen LogP contribution in [0.4, 0.5) is 13.2 Å². The maximum absolute atomic E-state index is 13.2. The second-order valence-electron chi connectivity index (χ2n) is 6.75. The average molecular weight is 368 g/mol. The van der Waals surface area contributed by atoms with Crippen LogP contribution in [0.3, 0.4) is 0 Å². The third-order valence-corrected chi connectivity index (χ3v) is 5.04. The number of nitrogens with zero attached hydrogens (tertiary/aromatic N) is 3. The SMILES string of the molecule is FC(F)(F)c1cccc(-c2nn3c(c2-c2ccc4cn[nH]c4c2)CCC3)c1. The fourth-order valence-corrected chi connectivity index (χ4v) is 3.77. The van der Waals surface area contributed by atoms with Crippen molar-refractivity contribution in [2.75, 3.05) is 0 Å². The number of aromatic nitrogens is 4. The Morgan fingerprint density at radius 2 is 1.93 bits per heavy atom. The highest BCUT2D eigenvalue weighted by atomic mass is 19.4. The molecule has 4 aromatic rings. The number of fused-ring (bicyclic) bond motifs is 2. The van der Waals surface area contributed by atoms with Gasteiger partial charge < -0.3 is 0 Å². The Kier molecular flexibility index (Phi) is 3.40. The van der Waals surface area contributed by atoms with E-state index in [1.165, 1.54) is 12.1 Å². The van der Waals surface area contributed by atoms with Gasteiger partial charge in [0.25, 0.3) is 0 Å². The van der Waals surface area contributed by atoms with Crippen LogP contribution in [-0.4, -0.2) is 20.0 Å². The molecule has 2 aromatic heterocycles. The molecule has 136 valence electrons. The highest BCUT2D eigenvalue weighted by molar-refractivity contribution is 5.89. The van der Waals surface area contributed by atoms with Crippen molar-refractivity contribution in [3.8, 4) is 22.4 Å². The van der Waals surface area contributed by atoms with Crippen molar-refractivity contribution < 1.29 is 13.2 Å². The number of hydrogen-bond acceptors (Lipinski definition) is 2. The van der Waals surface area contributed by atoms with Gasteiger partial charge in [0.2, 0.25) is 0 Å². The van der Waals surface area contributed by atoms with Crippen molar-refractivity contribution in [3.63, 3.8) is 0 Å². The van der Waals surface area contributed by atoms with Gasteiger partial charge >= 0.3 is 6.18 Å². The van der Waals surface area contributed by atoms with E-state index in [4.69, 9.17) is 0 Å². The van der Waals surface area contributed by atoms with Gasteiger partial charge in [-0.05, 0) is 36.6 Å². The molecule has 27 heavy (non-hydrogen) atoms. The third kappa shape index (κ3) is 2.61. The lowest BCUT2D eigenvalue weighted by Gasteiger charge is -2.10. The molecule has 0 aliphatic carbocycles. The lowest BCUT2D eigenvalue weighted by Crippen LogP contribution is -2.04. The molecule has 1 aliphatic heterocycles. The Balaban J connectivity index is 1.72. The third-order valence-electron chi connectivity index (χ3n) is 5.04. The monoisotopic (exact) mass is 368 g/mol. The van der Waals surface area contributed by atoms with Crippen LogP contribution in [0.2, 0.25) is 0 Å². The quantitative estimate of drug-likeness (QED) is 0.538. The molecule has 0 saturated heterocycles. The van der Waals surface area contributed by atoms with E-state index in [1.807, 2.05) is 22.9 Å². The largest absolute Gasteiger partial charge is 0.416 e. The van der Waals surface area contributed by atoms with Gasteiger partial charge in [0.05, 0.1) is 17.3 Å². The molecule has 0 unspecified atom stereocenters. The van der Waals surface area contributed by atoms with Crippen molar-refractivity contribution in [2.45, 2.75) is 25.6 Å². The zero-order valence-corrected chi connectivity index (χ0v) is 14.2. The molecule has 2 aromatic carbocycles. The molecule has 7 heteroatoms. The number of rotatable bonds is 2. The normalized spacial score (nSPS) is 14.0. The summed E-state index contributed by atoms with van der Waals surface area (Å²) in [7, 11) is 0. The summed E-state index contributed by atoms with van der Waals surface area (Å²) in [6.07, 6.45) is -0.782. The lowest BCUT2D eigenvalue weighted by atomic mass is 9.96. The summed E-state index contributed by atoms with van der Waals surface area (Å²) in [5, 5.41) is 12.6. The summed E-state index contributed by atoms with van der Waals surface area (Å²) in [4.78, 5) is 0. The Morgan fingerprint density at radius 3 is 2.78 bits per heavy atom. The van der Waals surface area contributed by atoms with Crippen LogP contribution in [-0.2, 0) is 19.1 Å². The first-order chi connectivity index (χ1) is 13.0. The number of halogens is 3. The van der Waals surface area contributed by atoms with Crippen molar-refractivity contribution >= 4 is 10.9 Å². The van der Waals surface area contributed by atoms with E-state index in [2.05, 4.69) is 15.3 Å². The van der Waals surface area contributed by atoms with Crippen LogP contribution in [0, 0.1) is 0 Å². The average Bonchev–Trinajstić information content (AvgIpc) is 3.35. The molecule has 0 amide bonds. The zero-order chi connectivity index (χ0) is 18.6. The summed E-state index contributed by atoms with van der Waals surface area (Å²) in [5.41, 5.74) is 4.21. The van der Waals surface area contributed by atoms with E-state index in [-0.39, 0.29) is 0 Å². The van der Waals surface area contributed by atoms with E-state index < -0.39 is 11.7 Å². The molecular weight excluding hydrogens is 353 g/mol. The smallest absolute Gasteiger partial charge is 0.278 e. The summed E-state index contributed by atoms with van der Waals surface area (Å²) in [5.74, 6) is 0. The molecule has 0 radical (unpaired) electrons. The Labute approximate surface area is 152 Å². The van der Waals surface area contributed by atoms with Crippen LogP contribution in [0.5, 0.6) is 0 Å². The highest BCUT2D eigenvalue weighted by Gasteiger charge is 2.31. The number of benzene rings is 2. The number of nitrogens with one attached hydrogen (secondary N) is 1. The molecule has 3 heterocycles. The fourth-order valence-electron chi connectivity index (χ4n) is 3.77. The maximum atomic E-state index is 13.2. The standard InChI is InChI=1S/C20H15F3N4/c21-20(22,23)15-4-1-3-13(9-15)19-18(17-5-2-8-27(17)26-19)12-6-7-14-11-24-25-16(14)10-12/h1,3-4,6-7,9-11H,2,5,8H2,(H,24,25). The topological polar surface area (TPSA) is 46.5 Å². The second-order valence-corrected chi connectivity index (χ2v) is 6.75. The van der Waals surface area contributed by atoms with Crippen molar-refractivity contribution in [2.24, 2.45) is 0 Å². The molecule has 0 spiro atoms. The molecule has 5 rings (SSSR count). The first-order valence-electron chi connectivity index (χ1n) is 8.71. The summed E-state index contributed by atoms with van der Waals surface area (Å²) in [6.45, 7) is 0.785. The minimum atomic E-state index is -4.38. The number of aromatic amines is 1. The van der Waals surface area contributed by atoms with Gasteiger partial charge in [0.15, 0.2) is 0 Å². The summed E-state index contributed by atoms with van der Waals surface area (Å²) < 4.78 is 41.4. The highest BCUT2D eigenvalue weighted by Crippen LogP contribution is 2.40. The number of H-pyrrole nitrogens is 1. The minimum Gasteiger partial charge on any atom is -0.278 e. The van der Waals surface area contributed by atoms with Crippen molar-refractivity contribution in [3.05, 3.63) is 59.9 Å². The molecule has 0 atom stereocenters. The first-order valence-corrected chi connectivity index (χ1v) is 8.71. The molecule has 4 nitrogen and oxygen atoms in total. The van der Waals surface area contributed by atoms with Gasteiger partial charge in [-0.15, -0.1) is 0 Å². The van der Waals surface area contributed by atoms with Crippen LogP contribution < -0.4 is 0 Å². The van der Waals surface area contributed by atoms with E-state index in [1.54, 1.807) is 12.3 Å². The molecule has 1 aliphatic rings. The van der Waals surface area contributed by atoms with E-state index in [0.717, 1.165) is 53.2 Å². The van der Waals surface area contributed by atoms with Crippen LogP contribution in [0.1, 0.15) is 17.7 Å². The zero-order valence-electron chi connectivity index (χ0n) is 14.2. The van der Waals surface area contributed by atoms with E-state index in [9.17, 15) is 13.2 Å². The Morgan fingerprint density at radius 1 is 1.04 bits per heavy atom. The molecular formula is C20H15F3N4. The number of alkyl halides is 3. The maximum Gasteiger partial charge on any atom is 0.416 e. The summed E-state index contributed by atoms with van der Waals surface area (Å²) >= 11 is 0. The minimum absolute atomic E-state index is 0.478. The van der Waals surface area contributed by atoms with Crippen LogP contribution in [0.25, 0.3) is 33.3 Å². The summed E-state index contributed by atoms with van der Waals surface area (Å²) in [6, 6.07) is 11.3.